The van der Waals surface area contributed by atoms with Crippen LogP contribution in [0.25, 0.3) is 0 Å². The minimum atomic E-state index is 0.594. The van der Waals surface area contributed by atoms with Gasteiger partial charge in [-0.2, -0.15) is 0 Å². The maximum Gasteiger partial charge on any atom is 0.0408 e. The van der Waals surface area contributed by atoms with Crippen LogP contribution in [-0.4, -0.2) is 6.04 Å². The predicted molar refractivity (Wildman–Crippen MR) is 81.2 cm³/mol. The van der Waals surface area contributed by atoms with E-state index in [0.29, 0.717) is 6.04 Å². The number of halogens is 1. The molecule has 0 fully saturated rings. The Morgan fingerprint density at radius 2 is 2.00 bits per heavy atom. The molecule has 1 N–H and O–H groups in total. The van der Waals surface area contributed by atoms with Crippen LogP contribution in [0.2, 0.25) is 5.02 Å². The molecule has 0 heterocycles. The molecule has 0 bridgehead atoms. The van der Waals surface area contributed by atoms with Crippen LogP contribution in [0.3, 0.4) is 0 Å². The van der Waals surface area contributed by atoms with Crippen molar-refractivity contribution >= 4 is 11.6 Å². The molecule has 0 saturated heterocycles. The second kappa shape index (κ2) is 8.55. The molecule has 0 amide bonds. The second-order valence-electron chi connectivity index (χ2n) is 5.20. The summed E-state index contributed by atoms with van der Waals surface area (Å²) in [4.78, 5) is 0. The van der Waals surface area contributed by atoms with Crippen LogP contribution >= 0.6 is 11.6 Å². The summed E-state index contributed by atoms with van der Waals surface area (Å²) in [6.45, 7) is 7.59. The molecule has 0 aliphatic carbocycles. The Hall–Kier alpha value is -0.530. The van der Waals surface area contributed by atoms with E-state index in [1.165, 1.54) is 43.2 Å². The average molecular weight is 268 g/mol. The van der Waals surface area contributed by atoms with Gasteiger partial charge >= 0.3 is 0 Å². The van der Waals surface area contributed by atoms with Gasteiger partial charge in [-0.05, 0) is 43.5 Å². The summed E-state index contributed by atoms with van der Waals surface area (Å²) in [6, 6.07) is 6.72. The number of hydrogen-bond donors (Lipinski definition) is 1. The quantitative estimate of drug-likeness (QED) is 0.647. The molecule has 1 rings (SSSR count). The third-order valence-corrected chi connectivity index (χ3v) is 3.67. The highest BCUT2D eigenvalue weighted by molar-refractivity contribution is 6.30. The van der Waals surface area contributed by atoms with E-state index in [4.69, 9.17) is 11.6 Å². The minimum Gasteiger partial charge on any atom is -0.310 e. The molecule has 18 heavy (non-hydrogen) atoms. The maximum atomic E-state index is 5.96. The summed E-state index contributed by atoms with van der Waals surface area (Å²) in [5.41, 5.74) is 2.62. The fourth-order valence-corrected chi connectivity index (χ4v) is 2.35. The molecule has 1 aromatic rings. The van der Waals surface area contributed by atoms with Gasteiger partial charge < -0.3 is 5.32 Å². The van der Waals surface area contributed by atoms with E-state index in [9.17, 15) is 0 Å². The molecular weight excluding hydrogens is 242 g/mol. The van der Waals surface area contributed by atoms with Crippen molar-refractivity contribution in [3.63, 3.8) is 0 Å². The molecule has 0 spiro atoms. The Kier molecular flexibility index (Phi) is 7.38. The smallest absolute Gasteiger partial charge is 0.0408 e. The third kappa shape index (κ3) is 5.88. The predicted octanol–water partition coefficient (Wildman–Crippen LogP) is 5.10. The van der Waals surface area contributed by atoms with Crippen molar-refractivity contribution in [1.82, 2.24) is 5.32 Å². The lowest BCUT2D eigenvalue weighted by Crippen LogP contribution is -2.25. The van der Waals surface area contributed by atoms with Crippen LogP contribution in [0, 0.1) is 6.92 Å². The van der Waals surface area contributed by atoms with Crippen LogP contribution in [-0.2, 0) is 6.54 Å². The first-order valence-corrected chi connectivity index (χ1v) is 7.49. The van der Waals surface area contributed by atoms with Crippen molar-refractivity contribution < 1.29 is 0 Å². The maximum absolute atomic E-state index is 5.96. The van der Waals surface area contributed by atoms with Crippen molar-refractivity contribution in [2.75, 3.05) is 0 Å². The first-order chi connectivity index (χ1) is 8.63. The zero-order chi connectivity index (χ0) is 13.4. The Morgan fingerprint density at radius 3 is 2.67 bits per heavy atom. The molecular formula is C16H26ClN. The highest BCUT2D eigenvalue weighted by Crippen LogP contribution is 2.15. The molecule has 1 nitrogen and oxygen atoms in total. The Bertz CT molecular complexity index is 349. The topological polar surface area (TPSA) is 12.0 Å². The Labute approximate surface area is 117 Å². The van der Waals surface area contributed by atoms with Crippen LogP contribution in [0.4, 0.5) is 0 Å². The molecule has 0 aromatic heterocycles. The van der Waals surface area contributed by atoms with Gasteiger partial charge in [0.1, 0.15) is 0 Å². The summed E-state index contributed by atoms with van der Waals surface area (Å²) < 4.78 is 0. The van der Waals surface area contributed by atoms with Crippen LogP contribution in [0.1, 0.15) is 57.1 Å². The zero-order valence-electron chi connectivity index (χ0n) is 11.9. The highest BCUT2D eigenvalue weighted by atomic mass is 35.5. The molecule has 2 heteroatoms. The summed E-state index contributed by atoms with van der Waals surface area (Å²) >= 11 is 5.96. The Morgan fingerprint density at radius 1 is 1.22 bits per heavy atom. The van der Waals surface area contributed by atoms with Gasteiger partial charge in [-0.25, -0.2) is 0 Å². The second-order valence-corrected chi connectivity index (χ2v) is 5.64. The summed E-state index contributed by atoms with van der Waals surface area (Å²) in [5, 5.41) is 4.42. The van der Waals surface area contributed by atoms with Crippen molar-refractivity contribution in [3.05, 3.63) is 34.3 Å². The SMILES string of the molecule is CCCCCCC(C)NCc1ccc(Cl)cc1C. The van der Waals surface area contributed by atoms with Crippen LogP contribution < -0.4 is 5.32 Å². The number of rotatable bonds is 8. The fraction of sp³-hybridized carbons (Fsp3) is 0.625. The van der Waals surface area contributed by atoms with E-state index in [-0.39, 0.29) is 0 Å². The van der Waals surface area contributed by atoms with Crippen molar-refractivity contribution in [2.24, 2.45) is 0 Å². The van der Waals surface area contributed by atoms with Gasteiger partial charge in [-0.15, -0.1) is 0 Å². The molecule has 102 valence electrons. The first-order valence-electron chi connectivity index (χ1n) is 7.12. The third-order valence-electron chi connectivity index (χ3n) is 3.44. The minimum absolute atomic E-state index is 0.594. The molecule has 1 aromatic carbocycles. The van der Waals surface area contributed by atoms with Gasteiger partial charge in [0.2, 0.25) is 0 Å². The van der Waals surface area contributed by atoms with Gasteiger partial charge in [0.05, 0.1) is 0 Å². The number of hydrogen-bond acceptors (Lipinski definition) is 1. The highest BCUT2D eigenvalue weighted by Gasteiger charge is 2.03. The van der Waals surface area contributed by atoms with Crippen molar-refractivity contribution in [2.45, 2.75) is 65.5 Å². The lowest BCUT2D eigenvalue weighted by molar-refractivity contribution is 0.482. The zero-order valence-corrected chi connectivity index (χ0v) is 12.7. The summed E-state index contributed by atoms with van der Waals surface area (Å²) in [5.74, 6) is 0. The standard InChI is InChI=1S/C16H26ClN/c1-4-5-6-7-8-14(3)18-12-15-9-10-16(17)11-13(15)2/h9-11,14,18H,4-8,12H2,1-3H3. The molecule has 0 radical (unpaired) electrons. The van der Waals surface area contributed by atoms with Gasteiger partial charge in [-0.3, -0.25) is 0 Å². The van der Waals surface area contributed by atoms with Gasteiger partial charge in [-0.1, -0.05) is 50.3 Å². The molecule has 1 unspecified atom stereocenters. The monoisotopic (exact) mass is 267 g/mol. The molecule has 0 saturated carbocycles. The van der Waals surface area contributed by atoms with Crippen LogP contribution in [0.15, 0.2) is 18.2 Å². The van der Waals surface area contributed by atoms with E-state index in [2.05, 4.69) is 32.2 Å². The van der Waals surface area contributed by atoms with E-state index < -0.39 is 0 Å². The average Bonchev–Trinajstić information content (AvgIpc) is 2.33. The number of benzene rings is 1. The van der Waals surface area contributed by atoms with E-state index >= 15 is 0 Å². The van der Waals surface area contributed by atoms with E-state index in [1.807, 2.05) is 12.1 Å². The van der Waals surface area contributed by atoms with Crippen molar-refractivity contribution in [1.29, 1.82) is 0 Å². The summed E-state index contributed by atoms with van der Waals surface area (Å²) in [7, 11) is 0. The number of nitrogens with one attached hydrogen (secondary N) is 1. The van der Waals surface area contributed by atoms with Gasteiger partial charge in [0.15, 0.2) is 0 Å². The number of aryl methyl sites for hydroxylation is 1. The van der Waals surface area contributed by atoms with Crippen molar-refractivity contribution in [3.8, 4) is 0 Å². The lowest BCUT2D eigenvalue weighted by atomic mass is 10.1. The normalized spacial score (nSPS) is 12.7. The number of unbranched alkanes of at least 4 members (excludes halogenated alkanes) is 3. The summed E-state index contributed by atoms with van der Waals surface area (Å²) in [6.07, 6.45) is 6.64. The fourth-order valence-electron chi connectivity index (χ4n) is 2.12. The lowest BCUT2D eigenvalue weighted by Gasteiger charge is -2.15. The molecule has 0 aliphatic rings. The van der Waals surface area contributed by atoms with Gasteiger partial charge in [0, 0.05) is 17.6 Å². The van der Waals surface area contributed by atoms with Crippen LogP contribution in [0.5, 0.6) is 0 Å². The van der Waals surface area contributed by atoms with Gasteiger partial charge in [0.25, 0.3) is 0 Å². The largest absolute Gasteiger partial charge is 0.310 e. The molecule has 0 aliphatic heterocycles. The van der Waals surface area contributed by atoms with E-state index in [1.54, 1.807) is 0 Å². The van der Waals surface area contributed by atoms with E-state index in [0.717, 1.165) is 11.6 Å². The Balaban J connectivity index is 2.27. The molecule has 1 atom stereocenters. The first kappa shape index (κ1) is 15.5.